The van der Waals surface area contributed by atoms with Crippen LogP contribution in [0.5, 0.6) is 0 Å². The molecule has 3 aromatic carbocycles. The molecule has 0 saturated carbocycles. The Morgan fingerprint density at radius 1 is 0.720 bits per heavy atom. The lowest BCUT2D eigenvalue weighted by Gasteiger charge is -2.16. The minimum absolute atomic E-state index is 0.236. The highest BCUT2D eigenvalue weighted by Gasteiger charge is 2.12. The third-order valence-corrected chi connectivity index (χ3v) is 4.91. The van der Waals surface area contributed by atoms with Crippen molar-refractivity contribution in [3.63, 3.8) is 0 Å². The molecule has 0 aliphatic rings. The van der Waals surface area contributed by atoms with E-state index in [1.807, 2.05) is 32.3 Å². The van der Waals surface area contributed by atoms with Gasteiger partial charge >= 0.3 is 0 Å². The average Bonchev–Trinajstić information content (AvgIpc) is 2.64. The van der Waals surface area contributed by atoms with E-state index in [1.165, 1.54) is 12.1 Å². The van der Waals surface area contributed by atoms with Crippen molar-refractivity contribution in [1.82, 2.24) is 0 Å². The number of hydrogen-bond acceptors (Lipinski definition) is 1. The maximum absolute atomic E-state index is 13.3. The highest BCUT2D eigenvalue weighted by atomic mass is 79.9. The highest BCUT2D eigenvalue weighted by molar-refractivity contribution is 9.15. The van der Waals surface area contributed by atoms with E-state index in [2.05, 4.69) is 57.2 Å². The summed E-state index contributed by atoms with van der Waals surface area (Å²) in [6.07, 6.45) is 0. The topological polar surface area (TPSA) is 3.24 Å². The molecule has 0 aliphatic carbocycles. The number of hydrogen-bond donors (Lipinski definition) is 0. The van der Waals surface area contributed by atoms with Gasteiger partial charge in [-0.05, 0) is 56.9 Å². The Morgan fingerprint density at radius 2 is 1.24 bits per heavy atom. The molecule has 0 atom stereocenters. The van der Waals surface area contributed by atoms with Crippen LogP contribution < -0.4 is 4.90 Å². The first-order valence-electron chi connectivity index (χ1n) is 8.05. The molecule has 0 saturated heterocycles. The van der Waals surface area contributed by atoms with Crippen LogP contribution in [0, 0.1) is 5.82 Å². The van der Waals surface area contributed by atoms with Crippen LogP contribution in [0.1, 0.15) is 16.7 Å². The largest absolute Gasteiger partial charge is 0.378 e. The van der Waals surface area contributed by atoms with Gasteiger partial charge in [-0.1, -0.05) is 54.6 Å². The summed E-state index contributed by atoms with van der Waals surface area (Å²) in [4.78, 5) is 2.07. The maximum Gasteiger partial charge on any atom is 0.123 e. The van der Waals surface area contributed by atoms with Gasteiger partial charge in [0.15, 0.2) is 0 Å². The summed E-state index contributed by atoms with van der Waals surface area (Å²) in [5, 5.41) is 0. The van der Waals surface area contributed by atoms with E-state index < -0.39 is 0 Å². The summed E-state index contributed by atoms with van der Waals surface area (Å²) in [6, 6.07) is 25.2. The number of benzene rings is 3. The molecule has 3 aromatic rings. The van der Waals surface area contributed by atoms with Crippen molar-refractivity contribution >= 4 is 31.7 Å². The van der Waals surface area contributed by atoms with Crippen molar-refractivity contribution in [3.8, 4) is 0 Å². The van der Waals surface area contributed by atoms with Crippen molar-refractivity contribution in [2.24, 2.45) is 0 Å². The third kappa shape index (κ3) is 3.99. The summed E-state index contributed by atoms with van der Waals surface area (Å²) in [5.41, 5.74) is 5.38. The Morgan fingerprint density at radius 3 is 1.80 bits per heavy atom. The molecular weight excluding hydrogens is 377 g/mol. The molecule has 0 heterocycles. The van der Waals surface area contributed by atoms with Crippen LogP contribution >= 0.6 is 15.9 Å². The fourth-order valence-corrected chi connectivity index (χ4v) is 3.41. The van der Waals surface area contributed by atoms with Crippen molar-refractivity contribution in [2.45, 2.75) is 0 Å². The summed E-state index contributed by atoms with van der Waals surface area (Å²) in [5.74, 6) is -0.236. The van der Waals surface area contributed by atoms with Crippen molar-refractivity contribution in [2.75, 3.05) is 19.0 Å². The number of halogens is 2. The second-order valence-electron chi connectivity index (χ2n) is 6.00. The van der Waals surface area contributed by atoms with E-state index in [4.69, 9.17) is 0 Å². The molecular formula is C22H19BrFN. The average molecular weight is 396 g/mol. The van der Waals surface area contributed by atoms with Gasteiger partial charge in [0.25, 0.3) is 0 Å². The number of nitrogens with zero attached hydrogens (tertiary/aromatic N) is 1. The predicted octanol–water partition coefficient (Wildman–Crippen LogP) is 6.20. The molecule has 3 heteroatoms. The molecule has 25 heavy (non-hydrogen) atoms. The molecule has 0 spiro atoms. The molecule has 0 fully saturated rings. The van der Waals surface area contributed by atoms with Gasteiger partial charge in [-0.2, -0.15) is 0 Å². The first-order valence-corrected chi connectivity index (χ1v) is 8.84. The molecule has 3 rings (SSSR count). The summed E-state index contributed by atoms with van der Waals surface area (Å²) in [7, 11) is 4.05. The van der Waals surface area contributed by atoms with Gasteiger partial charge in [0, 0.05) is 29.8 Å². The minimum atomic E-state index is -0.236. The van der Waals surface area contributed by atoms with Crippen LogP contribution in [0.2, 0.25) is 0 Å². The van der Waals surface area contributed by atoms with Crippen molar-refractivity contribution in [1.29, 1.82) is 0 Å². The Labute approximate surface area is 156 Å². The quantitative estimate of drug-likeness (QED) is 0.475. The first-order chi connectivity index (χ1) is 12.1. The van der Waals surface area contributed by atoms with Crippen LogP contribution in [0.25, 0.3) is 10.1 Å². The zero-order valence-corrected chi connectivity index (χ0v) is 15.8. The second-order valence-corrected chi connectivity index (χ2v) is 6.80. The van der Waals surface area contributed by atoms with Gasteiger partial charge in [0.05, 0.1) is 0 Å². The van der Waals surface area contributed by atoms with Gasteiger partial charge < -0.3 is 4.90 Å². The monoisotopic (exact) mass is 395 g/mol. The van der Waals surface area contributed by atoms with Crippen molar-refractivity contribution in [3.05, 3.63) is 101 Å². The number of anilines is 1. The Hall–Kier alpha value is -2.39. The fraction of sp³-hybridized carbons (Fsp3) is 0.0909. The first kappa shape index (κ1) is 17.4. The van der Waals surface area contributed by atoms with Crippen molar-refractivity contribution < 1.29 is 4.39 Å². The normalized spacial score (nSPS) is 11.8. The van der Waals surface area contributed by atoms with E-state index in [-0.39, 0.29) is 5.82 Å². The standard InChI is InChI=1S/C22H19BrFN/c1-25(2)20-14-10-17(11-15-20)21(16-6-4-3-5-7-16)22(23)18-8-12-19(24)13-9-18/h3-15H,1-2H3/b22-21-. The summed E-state index contributed by atoms with van der Waals surface area (Å²) < 4.78 is 14.2. The van der Waals surface area contributed by atoms with Gasteiger partial charge in [-0.25, -0.2) is 4.39 Å². The smallest absolute Gasteiger partial charge is 0.123 e. The Bertz CT molecular complexity index is 866. The molecule has 126 valence electrons. The zero-order valence-electron chi connectivity index (χ0n) is 14.2. The van der Waals surface area contributed by atoms with Gasteiger partial charge in [0.1, 0.15) is 5.82 Å². The highest BCUT2D eigenvalue weighted by Crippen LogP contribution is 2.36. The molecule has 0 unspecified atom stereocenters. The molecule has 0 bridgehead atoms. The van der Waals surface area contributed by atoms with Gasteiger partial charge in [0.2, 0.25) is 0 Å². The lowest BCUT2D eigenvalue weighted by Crippen LogP contribution is -2.08. The van der Waals surface area contributed by atoms with E-state index in [0.29, 0.717) is 0 Å². The minimum Gasteiger partial charge on any atom is -0.378 e. The number of rotatable bonds is 4. The van der Waals surface area contributed by atoms with Crippen LogP contribution in [-0.2, 0) is 0 Å². The van der Waals surface area contributed by atoms with Crippen LogP contribution in [-0.4, -0.2) is 14.1 Å². The third-order valence-electron chi connectivity index (χ3n) is 4.05. The van der Waals surface area contributed by atoms with Crippen LogP contribution in [0.15, 0.2) is 78.9 Å². The Balaban J connectivity index is 2.16. The lowest BCUT2D eigenvalue weighted by atomic mass is 9.95. The molecule has 0 radical (unpaired) electrons. The zero-order chi connectivity index (χ0) is 17.8. The summed E-state index contributed by atoms with van der Waals surface area (Å²) >= 11 is 3.74. The molecule has 0 amide bonds. The van der Waals surface area contributed by atoms with Gasteiger partial charge in [-0.3, -0.25) is 0 Å². The molecule has 0 aromatic heterocycles. The molecule has 0 aliphatic heterocycles. The van der Waals surface area contributed by atoms with E-state index in [1.54, 1.807) is 12.1 Å². The molecule has 0 N–H and O–H groups in total. The molecule has 1 nitrogen and oxygen atoms in total. The Kier molecular flexibility index (Phi) is 5.34. The fourth-order valence-electron chi connectivity index (χ4n) is 2.69. The van der Waals surface area contributed by atoms with E-state index in [0.717, 1.165) is 32.4 Å². The van der Waals surface area contributed by atoms with Crippen LogP contribution in [0.4, 0.5) is 10.1 Å². The second kappa shape index (κ2) is 7.66. The maximum atomic E-state index is 13.3. The summed E-state index contributed by atoms with van der Waals surface area (Å²) in [6.45, 7) is 0. The van der Waals surface area contributed by atoms with E-state index >= 15 is 0 Å². The van der Waals surface area contributed by atoms with E-state index in [9.17, 15) is 4.39 Å². The van der Waals surface area contributed by atoms with Crippen LogP contribution in [0.3, 0.4) is 0 Å². The van der Waals surface area contributed by atoms with Gasteiger partial charge in [-0.15, -0.1) is 0 Å². The SMILES string of the molecule is CN(C)c1ccc(/C(=C(\Br)c2ccc(F)cc2)c2ccccc2)cc1. The lowest BCUT2D eigenvalue weighted by molar-refractivity contribution is 0.628. The predicted molar refractivity (Wildman–Crippen MR) is 108 cm³/mol.